The molecule has 1 aromatic carbocycles. The van der Waals surface area contributed by atoms with Gasteiger partial charge in [-0.2, -0.15) is 0 Å². The van der Waals surface area contributed by atoms with Crippen molar-refractivity contribution in [1.82, 2.24) is 4.98 Å². The Labute approximate surface area is 134 Å². The van der Waals surface area contributed by atoms with Gasteiger partial charge in [0, 0.05) is 6.07 Å². The molecule has 0 fully saturated rings. The van der Waals surface area contributed by atoms with Crippen LogP contribution in [0.4, 0.5) is 5.69 Å². The van der Waals surface area contributed by atoms with Crippen LogP contribution in [0.25, 0.3) is 0 Å². The minimum absolute atomic E-state index is 0.113. The van der Waals surface area contributed by atoms with Gasteiger partial charge < -0.3 is 0 Å². The Hall–Kier alpha value is -2.54. The second-order valence-electron chi connectivity index (χ2n) is 4.84. The molecule has 120 valence electrons. The lowest BCUT2D eigenvalue weighted by atomic mass is 10.1. The molecule has 2 rings (SSSR count). The molecule has 1 aromatic heterocycles. The summed E-state index contributed by atoms with van der Waals surface area (Å²) >= 11 is 0. The summed E-state index contributed by atoms with van der Waals surface area (Å²) in [5, 5.41) is 10.4. The largest absolute Gasteiger partial charge is 0.287 e. The Kier molecular flexibility index (Phi) is 5.23. The second-order valence-corrected chi connectivity index (χ2v) is 6.74. The highest BCUT2D eigenvalue weighted by atomic mass is 32.2. The lowest BCUT2D eigenvalue weighted by molar-refractivity contribution is -0.385. The number of hydrogen-bond donors (Lipinski definition) is 0. The first-order chi connectivity index (χ1) is 10.9. The number of rotatable bonds is 6. The molecule has 0 amide bonds. The van der Waals surface area contributed by atoms with Gasteiger partial charge in [-0.1, -0.05) is 31.2 Å². The number of sulfone groups is 1. The van der Waals surface area contributed by atoms with Crippen LogP contribution in [-0.4, -0.2) is 18.3 Å². The van der Waals surface area contributed by atoms with Crippen molar-refractivity contribution in [3.63, 3.8) is 0 Å². The van der Waals surface area contributed by atoms with Gasteiger partial charge in [0.2, 0.25) is 9.84 Å². The third-order valence-corrected chi connectivity index (χ3v) is 4.88. The van der Waals surface area contributed by atoms with E-state index in [9.17, 15) is 18.5 Å². The van der Waals surface area contributed by atoms with Crippen molar-refractivity contribution in [2.45, 2.75) is 29.7 Å². The highest BCUT2D eigenvalue weighted by Gasteiger charge is 2.20. The molecule has 1 heterocycles. The van der Waals surface area contributed by atoms with E-state index >= 15 is 0 Å². The summed E-state index contributed by atoms with van der Waals surface area (Å²) in [4.78, 5) is 13.8. The van der Waals surface area contributed by atoms with Crippen molar-refractivity contribution in [2.75, 3.05) is 0 Å². The SMILES string of the molecule is CCC=CCc1ccc(S(=O)(=O)c2ccc([N+](=O)[O-])cn2)cc1. The van der Waals surface area contributed by atoms with Crippen molar-refractivity contribution < 1.29 is 13.3 Å². The molecule has 0 bridgehead atoms. The predicted molar refractivity (Wildman–Crippen MR) is 85.9 cm³/mol. The zero-order valence-electron chi connectivity index (χ0n) is 12.5. The van der Waals surface area contributed by atoms with Crippen molar-refractivity contribution in [3.05, 3.63) is 70.4 Å². The zero-order valence-corrected chi connectivity index (χ0v) is 13.4. The van der Waals surface area contributed by atoms with Gasteiger partial charge in [-0.05, 0) is 36.6 Å². The smallest absolute Gasteiger partial charge is 0.258 e. The third-order valence-electron chi connectivity index (χ3n) is 3.20. The Morgan fingerprint density at radius 3 is 2.35 bits per heavy atom. The fourth-order valence-corrected chi connectivity index (χ4v) is 3.13. The van der Waals surface area contributed by atoms with Crippen molar-refractivity contribution in [3.8, 4) is 0 Å². The predicted octanol–water partition coefficient (Wildman–Crippen LogP) is 3.33. The van der Waals surface area contributed by atoms with Crippen LogP contribution in [0.2, 0.25) is 0 Å². The van der Waals surface area contributed by atoms with E-state index in [0.29, 0.717) is 0 Å². The standard InChI is InChI=1S/C16H16N2O4S/c1-2-3-4-5-13-6-9-15(10-7-13)23(21,22)16-11-8-14(12-17-16)18(19)20/h3-4,6-12H,2,5H2,1H3. The summed E-state index contributed by atoms with van der Waals surface area (Å²) in [6.07, 6.45) is 6.71. The van der Waals surface area contributed by atoms with Gasteiger partial charge in [-0.3, -0.25) is 10.1 Å². The summed E-state index contributed by atoms with van der Waals surface area (Å²) in [5.41, 5.74) is 0.757. The quantitative estimate of drug-likeness (QED) is 0.460. The fourth-order valence-electron chi connectivity index (χ4n) is 1.95. The average Bonchev–Trinajstić information content (AvgIpc) is 2.55. The number of hydrogen-bond acceptors (Lipinski definition) is 5. The highest BCUT2D eigenvalue weighted by Crippen LogP contribution is 2.21. The van der Waals surface area contributed by atoms with E-state index < -0.39 is 14.8 Å². The molecule has 0 radical (unpaired) electrons. The first kappa shape index (κ1) is 16.8. The number of allylic oxidation sites excluding steroid dienone is 2. The molecule has 0 aliphatic carbocycles. The zero-order chi connectivity index (χ0) is 16.9. The van der Waals surface area contributed by atoms with Gasteiger partial charge in [0.25, 0.3) is 5.69 Å². The van der Waals surface area contributed by atoms with Gasteiger partial charge in [0.1, 0.15) is 6.20 Å². The van der Waals surface area contributed by atoms with E-state index in [4.69, 9.17) is 0 Å². The molecule has 0 atom stereocenters. The minimum atomic E-state index is -3.78. The molecular weight excluding hydrogens is 316 g/mol. The third kappa shape index (κ3) is 4.01. The Morgan fingerprint density at radius 1 is 1.13 bits per heavy atom. The van der Waals surface area contributed by atoms with E-state index in [-0.39, 0.29) is 15.6 Å². The topological polar surface area (TPSA) is 90.2 Å². The first-order valence-electron chi connectivity index (χ1n) is 7.04. The van der Waals surface area contributed by atoms with E-state index in [1.165, 1.54) is 12.1 Å². The average molecular weight is 332 g/mol. The monoisotopic (exact) mass is 332 g/mol. The number of nitrogens with zero attached hydrogens (tertiary/aromatic N) is 2. The maximum Gasteiger partial charge on any atom is 0.287 e. The molecule has 6 nitrogen and oxygen atoms in total. The molecule has 0 spiro atoms. The van der Waals surface area contributed by atoms with Gasteiger partial charge in [0.15, 0.2) is 5.03 Å². The Morgan fingerprint density at radius 2 is 1.83 bits per heavy atom. The summed E-state index contributed by atoms with van der Waals surface area (Å²) < 4.78 is 24.9. The van der Waals surface area contributed by atoms with E-state index in [1.807, 2.05) is 19.1 Å². The molecule has 7 heteroatoms. The first-order valence-corrected chi connectivity index (χ1v) is 8.53. The van der Waals surface area contributed by atoms with Gasteiger partial charge in [-0.25, -0.2) is 13.4 Å². The molecule has 0 saturated heterocycles. The second kappa shape index (κ2) is 7.15. The van der Waals surface area contributed by atoms with E-state index in [0.717, 1.165) is 36.7 Å². The van der Waals surface area contributed by atoms with Crippen LogP contribution >= 0.6 is 0 Å². The number of nitro groups is 1. The summed E-state index contributed by atoms with van der Waals surface area (Å²) in [7, 11) is -3.78. The molecule has 0 saturated carbocycles. The van der Waals surface area contributed by atoms with Crippen LogP contribution < -0.4 is 0 Å². The molecule has 0 aliphatic rings. The highest BCUT2D eigenvalue weighted by molar-refractivity contribution is 7.91. The molecular formula is C16H16N2O4S. The summed E-state index contributed by atoms with van der Waals surface area (Å²) in [6.45, 7) is 2.05. The van der Waals surface area contributed by atoms with Gasteiger partial charge in [0.05, 0.1) is 9.82 Å². The number of benzene rings is 1. The Balaban J connectivity index is 2.25. The lowest BCUT2D eigenvalue weighted by Crippen LogP contribution is -2.05. The molecule has 0 unspecified atom stereocenters. The van der Waals surface area contributed by atoms with Crippen molar-refractivity contribution >= 4 is 15.5 Å². The van der Waals surface area contributed by atoms with Crippen molar-refractivity contribution in [2.24, 2.45) is 0 Å². The molecule has 0 N–H and O–H groups in total. The lowest BCUT2D eigenvalue weighted by Gasteiger charge is -2.04. The molecule has 0 aliphatic heterocycles. The minimum Gasteiger partial charge on any atom is -0.258 e. The van der Waals surface area contributed by atoms with Gasteiger partial charge >= 0.3 is 0 Å². The molecule has 2 aromatic rings. The van der Waals surface area contributed by atoms with Crippen LogP contribution in [0.15, 0.2) is 64.7 Å². The van der Waals surface area contributed by atoms with Crippen LogP contribution in [-0.2, 0) is 16.3 Å². The van der Waals surface area contributed by atoms with Crippen LogP contribution in [0.3, 0.4) is 0 Å². The van der Waals surface area contributed by atoms with Crippen molar-refractivity contribution in [1.29, 1.82) is 0 Å². The summed E-state index contributed by atoms with van der Waals surface area (Å²) in [5.74, 6) is 0. The maximum atomic E-state index is 12.4. The van der Waals surface area contributed by atoms with Crippen LogP contribution in [0, 0.1) is 10.1 Å². The fraction of sp³-hybridized carbons (Fsp3) is 0.188. The van der Waals surface area contributed by atoms with E-state index in [2.05, 4.69) is 4.98 Å². The Bertz CT molecular complexity index is 810. The van der Waals surface area contributed by atoms with Gasteiger partial charge in [-0.15, -0.1) is 0 Å². The molecule has 23 heavy (non-hydrogen) atoms. The number of aromatic nitrogens is 1. The normalized spacial score (nSPS) is 11.7. The van der Waals surface area contributed by atoms with E-state index in [1.54, 1.807) is 12.1 Å². The number of pyridine rings is 1. The van der Waals surface area contributed by atoms with Crippen LogP contribution in [0.1, 0.15) is 18.9 Å². The van der Waals surface area contributed by atoms with Crippen LogP contribution in [0.5, 0.6) is 0 Å². The maximum absolute atomic E-state index is 12.4. The summed E-state index contributed by atoms with van der Waals surface area (Å²) in [6, 6.07) is 8.81.